The van der Waals surface area contributed by atoms with Gasteiger partial charge in [0.05, 0.1) is 18.4 Å². The van der Waals surface area contributed by atoms with Crippen molar-refractivity contribution in [3.05, 3.63) is 48.0 Å². The summed E-state index contributed by atoms with van der Waals surface area (Å²) in [6.45, 7) is 6.97. The molecule has 7 nitrogen and oxygen atoms in total. The Morgan fingerprint density at radius 3 is 2.23 bits per heavy atom. The van der Waals surface area contributed by atoms with Crippen molar-refractivity contribution >= 4 is 28.9 Å². The Balaban J connectivity index is 1.53. The molecular weight excluding hydrogens is 440 g/mol. The van der Waals surface area contributed by atoms with E-state index in [2.05, 4.69) is 26.5 Å². The van der Waals surface area contributed by atoms with Crippen LogP contribution in [0.2, 0.25) is 0 Å². The van der Waals surface area contributed by atoms with Gasteiger partial charge in [0.2, 0.25) is 5.91 Å². The zero-order valence-electron chi connectivity index (χ0n) is 21.2. The number of para-hydroxylation sites is 2. The van der Waals surface area contributed by atoms with Crippen molar-refractivity contribution in [3.63, 3.8) is 0 Å². The second kappa shape index (κ2) is 11.5. The summed E-state index contributed by atoms with van der Waals surface area (Å²) in [6, 6.07) is 14.0. The Labute approximate surface area is 208 Å². The molecule has 2 aromatic rings. The molecule has 0 aromatic heterocycles. The molecule has 0 atom stereocenters. The van der Waals surface area contributed by atoms with Crippen LogP contribution in [0.15, 0.2) is 42.5 Å². The van der Waals surface area contributed by atoms with Crippen molar-refractivity contribution in [2.45, 2.75) is 52.0 Å². The summed E-state index contributed by atoms with van der Waals surface area (Å²) >= 11 is 0. The normalized spacial score (nSPS) is 16.8. The van der Waals surface area contributed by atoms with E-state index in [0.717, 1.165) is 69.0 Å². The van der Waals surface area contributed by atoms with Gasteiger partial charge in [-0.1, -0.05) is 45.2 Å². The van der Waals surface area contributed by atoms with Crippen LogP contribution in [-0.2, 0) is 4.79 Å². The van der Waals surface area contributed by atoms with Crippen LogP contribution in [0.5, 0.6) is 5.75 Å². The fourth-order valence-electron chi connectivity index (χ4n) is 4.95. The number of nitrogens with zero attached hydrogens (tertiary/aromatic N) is 2. The Kier molecular flexibility index (Phi) is 8.16. The molecule has 2 N–H and O–H groups in total. The van der Waals surface area contributed by atoms with Crippen molar-refractivity contribution in [1.29, 1.82) is 0 Å². The first kappa shape index (κ1) is 24.9. The van der Waals surface area contributed by atoms with Crippen LogP contribution < -0.4 is 25.2 Å². The van der Waals surface area contributed by atoms with Crippen molar-refractivity contribution in [1.82, 2.24) is 5.32 Å². The fraction of sp³-hybridized carbons (Fsp3) is 0.500. The number of carbonyl (C=O) groups is 2. The lowest BCUT2D eigenvalue weighted by molar-refractivity contribution is -0.118. The maximum absolute atomic E-state index is 13.4. The smallest absolute Gasteiger partial charge is 0.253 e. The van der Waals surface area contributed by atoms with Crippen LogP contribution in [0.1, 0.15) is 56.3 Å². The molecule has 0 unspecified atom stereocenters. The van der Waals surface area contributed by atoms with Gasteiger partial charge >= 0.3 is 0 Å². The second-order valence-corrected chi connectivity index (χ2v) is 9.83. The summed E-state index contributed by atoms with van der Waals surface area (Å²) in [5.41, 5.74) is 3.30. The summed E-state index contributed by atoms with van der Waals surface area (Å²) < 4.78 is 5.55. The molecule has 1 saturated heterocycles. The number of amides is 2. The molecule has 188 valence electrons. The highest BCUT2D eigenvalue weighted by molar-refractivity contribution is 6.02. The Hall–Kier alpha value is -3.22. The van der Waals surface area contributed by atoms with Crippen LogP contribution in [0.3, 0.4) is 0 Å². The van der Waals surface area contributed by atoms with Gasteiger partial charge < -0.3 is 25.2 Å². The number of nitrogens with one attached hydrogen (secondary N) is 2. The molecule has 2 aliphatic rings. The minimum Gasteiger partial charge on any atom is -0.495 e. The van der Waals surface area contributed by atoms with Gasteiger partial charge in [-0.25, -0.2) is 0 Å². The van der Waals surface area contributed by atoms with Crippen LogP contribution >= 0.6 is 0 Å². The molecule has 2 fully saturated rings. The highest BCUT2D eigenvalue weighted by Crippen LogP contribution is 2.31. The van der Waals surface area contributed by atoms with Crippen LogP contribution in [0.4, 0.5) is 17.1 Å². The second-order valence-electron chi connectivity index (χ2n) is 9.83. The van der Waals surface area contributed by atoms with Crippen LogP contribution in [0.25, 0.3) is 0 Å². The molecule has 0 spiro atoms. The highest BCUT2D eigenvalue weighted by atomic mass is 16.5. The molecule has 7 heteroatoms. The minimum absolute atomic E-state index is 0.0539. The van der Waals surface area contributed by atoms with Crippen molar-refractivity contribution < 1.29 is 14.3 Å². The largest absolute Gasteiger partial charge is 0.495 e. The SMILES string of the molecule is COc1ccccc1N1CCN(c2ccc(NC(=O)C(C)C)cc2C(=O)NC2CCCCC2)CC1. The first-order valence-corrected chi connectivity index (χ1v) is 12.8. The van der Waals surface area contributed by atoms with Gasteiger partial charge in [0.25, 0.3) is 5.91 Å². The number of carbonyl (C=O) groups excluding carboxylic acids is 2. The lowest BCUT2D eigenvalue weighted by atomic mass is 9.95. The average molecular weight is 479 g/mol. The first-order chi connectivity index (χ1) is 17.0. The lowest BCUT2D eigenvalue weighted by Gasteiger charge is -2.38. The van der Waals surface area contributed by atoms with Gasteiger partial charge in [-0.2, -0.15) is 0 Å². The summed E-state index contributed by atoms with van der Waals surface area (Å²) in [6.07, 6.45) is 5.62. The van der Waals surface area contributed by atoms with E-state index in [4.69, 9.17) is 4.74 Å². The van der Waals surface area contributed by atoms with Gasteiger partial charge in [0.1, 0.15) is 5.75 Å². The molecule has 0 bridgehead atoms. The maximum atomic E-state index is 13.4. The molecule has 1 aliphatic heterocycles. The third-order valence-electron chi connectivity index (χ3n) is 7.02. The maximum Gasteiger partial charge on any atom is 0.253 e. The number of ether oxygens (including phenoxy) is 1. The zero-order valence-corrected chi connectivity index (χ0v) is 21.2. The van der Waals surface area contributed by atoms with E-state index in [1.54, 1.807) is 7.11 Å². The highest BCUT2D eigenvalue weighted by Gasteiger charge is 2.25. The number of piperazine rings is 1. The lowest BCUT2D eigenvalue weighted by Crippen LogP contribution is -2.47. The van der Waals surface area contributed by atoms with Gasteiger partial charge in [-0.3, -0.25) is 9.59 Å². The van der Waals surface area contributed by atoms with Crippen molar-refractivity contribution in [2.75, 3.05) is 48.4 Å². The molecule has 1 aliphatic carbocycles. The number of benzene rings is 2. The first-order valence-electron chi connectivity index (χ1n) is 12.8. The monoisotopic (exact) mass is 478 g/mol. The fourth-order valence-corrected chi connectivity index (χ4v) is 4.95. The quantitative estimate of drug-likeness (QED) is 0.605. The Morgan fingerprint density at radius 1 is 0.914 bits per heavy atom. The standard InChI is InChI=1S/C28H38N4O3/c1-20(2)27(33)30-22-13-14-24(23(19-22)28(34)29-21-9-5-4-6-10-21)31-15-17-32(18-16-31)25-11-7-8-12-26(25)35-3/h7-8,11-14,19-21H,4-6,9-10,15-18H2,1-3H3,(H,29,34)(H,30,33). The van der Waals surface area contributed by atoms with E-state index in [0.29, 0.717) is 11.3 Å². The molecule has 4 rings (SSSR count). The van der Waals surface area contributed by atoms with E-state index in [-0.39, 0.29) is 23.8 Å². The third-order valence-corrected chi connectivity index (χ3v) is 7.02. The zero-order chi connectivity index (χ0) is 24.8. The predicted octanol–water partition coefficient (Wildman–Crippen LogP) is 4.68. The van der Waals surface area contributed by atoms with Gasteiger partial charge in [-0.15, -0.1) is 0 Å². The third kappa shape index (κ3) is 6.08. The number of rotatable bonds is 7. The molecule has 1 heterocycles. The number of anilines is 3. The average Bonchev–Trinajstić information content (AvgIpc) is 2.89. The number of methoxy groups -OCH3 is 1. The Bertz CT molecular complexity index is 1020. The van der Waals surface area contributed by atoms with Gasteiger partial charge in [0.15, 0.2) is 0 Å². The van der Waals surface area contributed by atoms with Gasteiger partial charge in [0, 0.05) is 49.5 Å². The summed E-state index contributed by atoms with van der Waals surface area (Å²) in [5.74, 6) is 0.637. The molecule has 2 aromatic carbocycles. The van der Waals surface area contributed by atoms with E-state index in [1.165, 1.54) is 6.42 Å². The van der Waals surface area contributed by atoms with E-state index >= 15 is 0 Å². The van der Waals surface area contributed by atoms with Crippen LogP contribution in [-0.4, -0.2) is 51.1 Å². The molecule has 35 heavy (non-hydrogen) atoms. The molecular formula is C28H38N4O3. The topological polar surface area (TPSA) is 73.9 Å². The van der Waals surface area contributed by atoms with Crippen LogP contribution in [0, 0.1) is 5.92 Å². The van der Waals surface area contributed by atoms with Crippen molar-refractivity contribution in [2.24, 2.45) is 5.92 Å². The van der Waals surface area contributed by atoms with Crippen molar-refractivity contribution in [3.8, 4) is 5.75 Å². The summed E-state index contributed by atoms with van der Waals surface area (Å²) in [5, 5.41) is 6.21. The Morgan fingerprint density at radius 2 is 1.57 bits per heavy atom. The number of hydrogen-bond donors (Lipinski definition) is 2. The summed E-state index contributed by atoms with van der Waals surface area (Å²) in [7, 11) is 1.70. The van der Waals surface area contributed by atoms with E-state index in [1.807, 2.05) is 50.2 Å². The van der Waals surface area contributed by atoms with E-state index in [9.17, 15) is 9.59 Å². The van der Waals surface area contributed by atoms with Gasteiger partial charge in [-0.05, 0) is 43.2 Å². The minimum atomic E-state index is -0.128. The van der Waals surface area contributed by atoms with E-state index < -0.39 is 0 Å². The molecule has 1 saturated carbocycles. The molecule has 0 radical (unpaired) electrons. The predicted molar refractivity (Wildman–Crippen MR) is 142 cm³/mol. The number of hydrogen-bond acceptors (Lipinski definition) is 5. The molecule has 2 amide bonds. The summed E-state index contributed by atoms with van der Waals surface area (Å²) in [4.78, 5) is 30.3.